The van der Waals surface area contributed by atoms with Gasteiger partial charge in [-0.1, -0.05) is 35.0 Å². The van der Waals surface area contributed by atoms with Gasteiger partial charge >= 0.3 is 5.97 Å². The maximum Gasteiger partial charge on any atom is 0.325 e. The average molecular weight is 284 g/mol. The van der Waals surface area contributed by atoms with Crippen LogP contribution in [0.15, 0.2) is 9.40 Å². The second kappa shape index (κ2) is 6.37. The van der Waals surface area contributed by atoms with Crippen molar-refractivity contribution in [2.75, 3.05) is 13.2 Å². The van der Waals surface area contributed by atoms with Crippen LogP contribution in [-0.2, 0) is 14.3 Å². The molecule has 1 amide bonds. The molecule has 7 heteroatoms. The molecule has 4 nitrogen and oxygen atoms in total. The minimum atomic E-state index is -0.455. The Labute approximate surface area is 108 Å². The lowest BCUT2D eigenvalue weighted by molar-refractivity contribution is -0.143. The van der Waals surface area contributed by atoms with Crippen molar-refractivity contribution in [1.82, 2.24) is 5.32 Å². The summed E-state index contributed by atoms with van der Waals surface area (Å²) in [5, 5.41) is 2.61. The van der Waals surface area contributed by atoms with Crippen molar-refractivity contribution in [2.24, 2.45) is 0 Å². The van der Waals surface area contributed by atoms with Crippen LogP contribution in [0.5, 0.6) is 0 Å². The average Bonchev–Trinajstić information content (AvgIpc) is 2.56. The number of rotatable bonds is 4. The first-order valence-electron chi connectivity index (χ1n) is 4.68. The molecule has 1 aliphatic rings. The normalized spacial score (nSPS) is 19.8. The Kier molecular flexibility index (Phi) is 5.44. The van der Waals surface area contributed by atoms with E-state index in [0.717, 1.165) is 0 Å². The summed E-state index contributed by atoms with van der Waals surface area (Å²) >= 11 is 12.7. The van der Waals surface area contributed by atoms with Crippen molar-refractivity contribution in [2.45, 2.75) is 18.6 Å². The molecule has 16 heavy (non-hydrogen) atoms. The SMILES string of the molecule is CCOC(=O)CNC(=O)C1CC(Cl)=C(Cl)S1. The molecule has 1 N–H and O–H groups in total. The molecular formula is C9H11Cl2NO3S. The molecule has 1 aliphatic heterocycles. The lowest BCUT2D eigenvalue weighted by Crippen LogP contribution is -2.36. The number of halogens is 2. The maximum atomic E-state index is 11.6. The number of esters is 1. The highest BCUT2D eigenvalue weighted by atomic mass is 35.5. The number of amides is 1. The van der Waals surface area contributed by atoms with Crippen molar-refractivity contribution in [1.29, 1.82) is 0 Å². The van der Waals surface area contributed by atoms with Crippen LogP contribution in [0.25, 0.3) is 0 Å². The molecule has 0 aromatic heterocycles. The van der Waals surface area contributed by atoms with Crippen LogP contribution in [-0.4, -0.2) is 30.3 Å². The summed E-state index contributed by atoms with van der Waals surface area (Å²) < 4.78 is 5.12. The summed E-state index contributed by atoms with van der Waals surface area (Å²) in [6.07, 6.45) is 0.402. The third-order valence-corrected chi connectivity index (χ3v) is 3.99. The highest BCUT2D eigenvalue weighted by Gasteiger charge is 2.29. The first-order valence-corrected chi connectivity index (χ1v) is 6.32. The molecule has 1 unspecified atom stereocenters. The molecule has 0 radical (unpaired) electrons. The molecule has 1 atom stereocenters. The quantitative estimate of drug-likeness (QED) is 0.800. The summed E-state index contributed by atoms with van der Waals surface area (Å²) in [4.78, 5) is 22.5. The van der Waals surface area contributed by atoms with Crippen LogP contribution in [0.1, 0.15) is 13.3 Å². The minimum Gasteiger partial charge on any atom is -0.465 e. The first-order chi connectivity index (χ1) is 7.54. The molecule has 0 aromatic carbocycles. The van der Waals surface area contributed by atoms with Crippen LogP contribution in [0.3, 0.4) is 0 Å². The van der Waals surface area contributed by atoms with Gasteiger partial charge in [-0.05, 0) is 6.92 Å². The molecule has 1 rings (SSSR count). The van der Waals surface area contributed by atoms with Gasteiger partial charge in [-0.15, -0.1) is 0 Å². The van der Waals surface area contributed by atoms with Crippen molar-refractivity contribution in [3.63, 3.8) is 0 Å². The molecule has 0 saturated heterocycles. The largest absolute Gasteiger partial charge is 0.465 e. The van der Waals surface area contributed by atoms with Gasteiger partial charge in [0.25, 0.3) is 0 Å². The van der Waals surface area contributed by atoms with Crippen molar-refractivity contribution < 1.29 is 14.3 Å². The Morgan fingerprint density at radius 1 is 1.56 bits per heavy atom. The van der Waals surface area contributed by atoms with Crippen molar-refractivity contribution in [3.8, 4) is 0 Å². The van der Waals surface area contributed by atoms with Gasteiger partial charge in [0.1, 0.15) is 6.54 Å². The smallest absolute Gasteiger partial charge is 0.325 e. The van der Waals surface area contributed by atoms with Crippen LogP contribution >= 0.6 is 35.0 Å². The number of nitrogens with one attached hydrogen (secondary N) is 1. The number of hydrogen-bond acceptors (Lipinski definition) is 4. The van der Waals surface area contributed by atoms with E-state index in [0.29, 0.717) is 22.4 Å². The van der Waals surface area contributed by atoms with E-state index in [4.69, 9.17) is 23.2 Å². The Balaban J connectivity index is 2.30. The van der Waals surface area contributed by atoms with Crippen LogP contribution in [0.2, 0.25) is 0 Å². The number of carbonyl (C=O) groups is 2. The van der Waals surface area contributed by atoms with Crippen LogP contribution in [0, 0.1) is 0 Å². The zero-order chi connectivity index (χ0) is 12.1. The summed E-state index contributed by atoms with van der Waals surface area (Å²) in [7, 11) is 0. The van der Waals surface area contributed by atoms with E-state index in [1.54, 1.807) is 6.92 Å². The Bertz CT molecular complexity index is 319. The van der Waals surface area contributed by atoms with Gasteiger partial charge in [0.2, 0.25) is 5.91 Å². The molecule has 0 aromatic rings. The topological polar surface area (TPSA) is 55.4 Å². The summed E-state index contributed by atoms with van der Waals surface area (Å²) in [6, 6.07) is 0. The lowest BCUT2D eigenvalue weighted by Gasteiger charge is -2.09. The molecule has 0 aliphatic carbocycles. The van der Waals surface area contributed by atoms with Gasteiger partial charge in [0.05, 0.1) is 16.2 Å². The number of thioether (sulfide) groups is 1. The van der Waals surface area contributed by atoms with Gasteiger partial charge in [-0.25, -0.2) is 0 Å². The monoisotopic (exact) mass is 283 g/mol. The van der Waals surface area contributed by atoms with E-state index in [2.05, 4.69) is 10.1 Å². The van der Waals surface area contributed by atoms with E-state index in [1.165, 1.54) is 11.8 Å². The Morgan fingerprint density at radius 2 is 2.25 bits per heavy atom. The van der Waals surface area contributed by atoms with Gasteiger partial charge < -0.3 is 10.1 Å². The van der Waals surface area contributed by atoms with Gasteiger partial charge in [0, 0.05) is 11.5 Å². The van der Waals surface area contributed by atoms with Crippen LogP contribution in [0.4, 0.5) is 0 Å². The fourth-order valence-electron chi connectivity index (χ4n) is 1.10. The van der Waals surface area contributed by atoms with Crippen molar-refractivity contribution >= 4 is 46.8 Å². The number of allylic oxidation sites excluding steroid dienone is 1. The molecule has 0 spiro atoms. The van der Waals surface area contributed by atoms with Gasteiger partial charge in [-0.3, -0.25) is 9.59 Å². The number of carbonyl (C=O) groups excluding carboxylic acids is 2. The van der Waals surface area contributed by atoms with E-state index >= 15 is 0 Å². The van der Waals surface area contributed by atoms with Gasteiger partial charge in [0.15, 0.2) is 0 Å². The number of hydrogen-bond donors (Lipinski definition) is 1. The van der Waals surface area contributed by atoms with Gasteiger partial charge in [-0.2, -0.15) is 0 Å². The molecule has 90 valence electrons. The first kappa shape index (κ1) is 13.7. The maximum absolute atomic E-state index is 11.6. The second-order valence-corrected chi connectivity index (χ2v) is 5.28. The zero-order valence-corrected chi connectivity index (χ0v) is 10.9. The third-order valence-electron chi connectivity index (χ3n) is 1.83. The van der Waals surface area contributed by atoms with E-state index in [9.17, 15) is 9.59 Å². The predicted octanol–water partition coefficient (Wildman–Crippen LogP) is 1.82. The summed E-state index contributed by atoms with van der Waals surface area (Å²) in [6.45, 7) is 1.88. The fourth-order valence-corrected chi connectivity index (χ4v) is 2.79. The highest BCUT2D eigenvalue weighted by molar-refractivity contribution is 8.06. The lowest BCUT2D eigenvalue weighted by atomic mass is 10.3. The van der Waals surface area contributed by atoms with E-state index in [-0.39, 0.29) is 17.7 Å². The summed E-state index contributed by atoms with van der Waals surface area (Å²) in [5.41, 5.74) is 0. The predicted molar refractivity (Wildman–Crippen MR) is 64.4 cm³/mol. The van der Waals surface area contributed by atoms with Crippen molar-refractivity contribution in [3.05, 3.63) is 9.40 Å². The van der Waals surface area contributed by atoms with Crippen LogP contribution < -0.4 is 5.32 Å². The number of ether oxygens (including phenoxy) is 1. The molecule has 0 saturated carbocycles. The fraction of sp³-hybridized carbons (Fsp3) is 0.556. The molecular weight excluding hydrogens is 273 g/mol. The minimum absolute atomic E-state index is 0.126. The Morgan fingerprint density at radius 3 is 2.75 bits per heavy atom. The summed E-state index contributed by atoms with van der Waals surface area (Å²) in [5.74, 6) is -0.712. The highest BCUT2D eigenvalue weighted by Crippen LogP contribution is 2.41. The molecule has 0 bridgehead atoms. The molecule has 1 heterocycles. The Hall–Kier alpha value is -0.390. The zero-order valence-electron chi connectivity index (χ0n) is 8.59. The standard InChI is InChI=1S/C9H11Cl2NO3S/c1-2-15-7(13)4-12-9(14)6-3-5(10)8(11)16-6/h6H,2-4H2,1H3,(H,12,14). The van der Waals surface area contributed by atoms with E-state index < -0.39 is 5.97 Å². The third kappa shape index (κ3) is 3.88. The van der Waals surface area contributed by atoms with E-state index in [1.807, 2.05) is 0 Å². The molecule has 0 fully saturated rings. The second-order valence-electron chi connectivity index (χ2n) is 3.01.